The summed E-state index contributed by atoms with van der Waals surface area (Å²) in [5.41, 5.74) is 0. The third kappa shape index (κ3) is 8.92. The standard InChI is InChI=1S/C24H30O8/c1-3-19(27-9-7-25-15-23-17-31-23)13-21(5-1)29-11-12-30-22-6-2-4-20(14-22)28-10-8-26-16-24-18-32-24/h1-6,13-14,23-24H,7-12,15-18H2. The van der Waals surface area contributed by atoms with Gasteiger partial charge in [0.15, 0.2) is 0 Å². The first-order valence-corrected chi connectivity index (χ1v) is 11.0. The number of hydrogen-bond acceptors (Lipinski definition) is 8. The Hall–Kier alpha value is -2.52. The molecule has 0 radical (unpaired) electrons. The number of rotatable bonds is 17. The summed E-state index contributed by atoms with van der Waals surface area (Å²) < 4.78 is 44.0. The molecular weight excluding hydrogens is 416 g/mol. The van der Waals surface area contributed by atoms with Gasteiger partial charge in [0.05, 0.1) is 39.6 Å². The van der Waals surface area contributed by atoms with Crippen LogP contribution in [0.3, 0.4) is 0 Å². The van der Waals surface area contributed by atoms with Crippen LogP contribution < -0.4 is 18.9 Å². The first-order valence-electron chi connectivity index (χ1n) is 11.0. The summed E-state index contributed by atoms with van der Waals surface area (Å²) in [7, 11) is 0. The van der Waals surface area contributed by atoms with Crippen LogP contribution in [0.4, 0.5) is 0 Å². The van der Waals surface area contributed by atoms with Crippen molar-refractivity contribution < 1.29 is 37.9 Å². The molecule has 2 aromatic rings. The van der Waals surface area contributed by atoms with Gasteiger partial charge in [0.2, 0.25) is 0 Å². The van der Waals surface area contributed by atoms with Crippen LogP contribution >= 0.6 is 0 Å². The molecule has 0 aliphatic carbocycles. The van der Waals surface area contributed by atoms with Crippen LogP contribution in [-0.4, -0.2) is 78.3 Å². The van der Waals surface area contributed by atoms with Gasteiger partial charge in [-0.05, 0) is 24.3 Å². The molecule has 0 N–H and O–H groups in total. The van der Waals surface area contributed by atoms with Crippen LogP contribution in [0.1, 0.15) is 0 Å². The van der Waals surface area contributed by atoms with Crippen molar-refractivity contribution in [3.05, 3.63) is 48.5 Å². The summed E-state index contributed by atoms with van der Waals surface area (Å²) in [6, 6.07) is 15.1. The highest BCUT2D eigenvalue weighted by molar-refractivity contribution is 5.34. The Morgan fingerprint density at radius 1 is 0.562 bits per heavy atom. The molecule has 4 rings (SSSR count). The van der Waals surface area contributed by atoms with Gasteiger partial charge in [-0.1, -0.05) is 12.1 Å². The average molecular weight is 446 g/mol. The minimum atomic E-state index is 0.274. The van der Waals surface area contributed by atoms with Gasteiger partial charge in [-0.15, -0.1) is 0 Å². The van der Waals surface area contributed by atoms with E-state index in [-0.39, 0.29) is 12.2 Å². The molecule has 8 heteroatoms. The summed E-state index contributed by atoms with van der Waals surface area (Å²) in [5, 5.41) is 0. The lowest BCUT2D eigenvalue weighted by atomic mass is 10.3. The maximum atomic E-state index is 5.77. The van der Waals surface area contributed by atoms with Crippen LogP contribution in [0.5, 0.6) is 23.0 Å². The number of ether oxygens (including phenoxy) is 8. The normalized spacial score (nSPS) is 18.8. The molecule has 2 fully saturated rings. The first kappa shape index (κ1) is 22.7. The number of hydrogen-bond donors (Lipinski definition) is 0. The Morgan fingerprint density at radius 3 is 1.25 bits per heavy atom. The number of benzene rings is 2. The molecule has 32 heavy (non-hydrogen) atoms. The Bertz CT molecular complexity index is 739. The van der Waals surface area contributed by atoms with Crippen LogP contribution in [0, 0.1) is 0 Å². The van der Waals surface area contributed by atoms with Crippen LogP contribution in [0.2, 0.25) is 0 Å². The van der Waals surface area contributed by atoms with Crippen LogP contribution in [0.15, 0.2) is 48.5 Å². The van der Waals surface area contributed by atoms with Crippen LogP contribution in [-0.2, 0) is 18.9 Å². The van der Waals surface area contributed by atoms with Crippen molar-refractivity contribution in [1.29, 1.82) is 0 Å². The quantitative estimate of drug-likeness (QED) is 0.271. The molecule has 2 unspecified atom stereocenters. The van der Waals surface area contributed by atoms with Gasteiger partial charge in [-0.3, -0.25) is 0 Å². The molecule has 0 bridgehead atoms. The highest BCUT2D eigenvalue weighted by Gasteiger charge is 2.22. The molecule has 174 valence electrons. The highest BCUT2D eigenvalue weighted by Crippen LogP contribution is 2.21. The highest BCUT2D eigenvalue weighted by atomic mass is 16.6. The van der Waals surface area contributed by atoms with Gasteiger partial charge in [0.1, 0.15) is 61.6 Å². The fourth-order valence-corrected chi connectivity index (χ4v) is 2.82. The SMILES string of the molecule is c1cc(OCCOCC2CO2)cc(OCCOc2cccc(OCCOCC3CO3)c2)c1. The van der Waals surface area contributed by atoms with E-state index in [2.05, 4.69) is 0 Å². The largest absolute Gasteiger partial charge is 0.491 e. The summed E-state index contributed by atoms with van der Waals surface area (Å²) in [6.07, 6.45) is 0.548. The van der Waals surface area contributed by atoms with E-state index in [1.807, 2.05) is 48.5 Å². The maximum Gasteiger partial charge on any atom is 0.123 e. The van der Waals surface area contributed by atoms with Crippen molar-refractivity contribution in [2.75, 3.05) is 66.1 Å². The monoisotopic (exact) mass is 446 g/mol. The Balaban J connectivity index is 1.08. The molecule has 2 atom stereocenters. The summed E-state index contributed by atoms with van der Waals surface area (Å²) in [4.78, 5) is 0. The van der Waals surface area contributed by atoms with E-state index in [4.69, 9.17) is 37.9 Å². The molecule has 2 heterocycles. The first-order chi connectivity index (χ1) is 15.8. The molecule has 0 saturated carbocycles. The van der Waals surface area contributed by atoms with Gasteiger partial charge in [0, 0.05) is 12.1 Å². The fourth-order valence-electron chi connectivity index (χ4n) is 2.82. The molecule has 2 saturated heterocycles. The maximum absolute atomic E-state index is 5.77. The molecule has 8 nitrogen and oxygen atoms in total. The van der Waals surface area contributed by atoms with Gasteiger partial charge in [-0.2, -0.15) is 0 Å². The molecule has 2 aliphatic heterocycles. The van der Waals surface area contributed by atoms with E-state index in [0.717, 1.165) is 36.2 Å². The van der Waals surface area contributed by atoms with Crippen molar-refractivity contribution in [3.8, 4) is 23.0 Å². The summed E-state index contributed by atoms with van der Waals surface area (Å²) in [6.45, 7) is 5.72. The number of epoxide rings is 2. The van der Waals surface area contributed by atoms with Crippen molar-refractivity contribution in [2.45, 2.75) is 12.2 Å². The van der Waals surface area contributed by atoms with E-state index in [0.29, 0.717) is 52.9 Å². The lowest BCUT2D eigenvalue weighted by Gasteiger charge is -2.11. The zero-order valence-electron chi connectivity index (χ0n) is 18.1. The Morgan fingerprint density at radius 2 is 0.906 bits per heavy atom. The summed E-state index contributed by atoms with van der Waals surface area (Å²) in [5.74, 6) is 2.94. The molecule has 0 amide bonds. The van der Waals surface area contributed by atoms with Gasteiger partial charge in [-0.25, -0.2) is 0 Å². The average Bonchev–Trinajstić information content (AvgIpc) is 3.73. The fraction of sp³-hybridized carbons (Fsp3) is 0.500. The van der Waals surface area contributed by atoms with Crippen LogP contribution in [0.25, 0.3) is 0 Å². The Labute approximate surface area is 188 Å². The van der Waals surface area contributed by atoms with Gasteiger partial charge >= 0.3 is 0 Å². The van der Waals surface area contributed by atoms with Crippen molar-refractivity contribution in [3.63, 3.8) is 0 Å². The zero-order valence-corrected chi connectivity index (χ0v) is 18.1. The lowest BCUT2D eigenvalue weighted by molar-refractivity contribution is 0.0877. The smallest absolute Gasteiger partial charge is 0.123 e. The van der Waals surface area contributed by atoms with E-state index < -0.39 is 0 Å². The molecule has 0 aromatic heterocycles. The third-order valence-corrected chi connectivity index (χ3v) is 4.64. The van der Waals surface area contributed by atoms with Crippen molar-refractivity contribution in [1.82, 2.24) is 0 Å². The molecule has 0 spiro atoms. The van der Waals surface area contributed by atoms with E-state index in [1.54, 1.807) is 0 Å². The Kier molecular flexibility index (Phi) is 8.85. The van der Waals surface area contributed by atoms with Gasteiger partial charge < -0.3 is 37.9 Å². The lowest BCUT2D eigenvalue weighted by Crippen LogP contribution is -2.11. The second-order valence-electron chi connectivity index (χ2n) is 7.40. The zero-order chi connectivity index (χ0) is 21.8. The minimum absolute atomic E-state index is 0.274. The third-order valence-electron chi connectivity index (χ3n) is 4.64. The molecule has 2 aromatic carbocycles. The van der Waals surface area contributed by atoms with Crippen molar-refractivity contribution >= 4 is 0 Å². The second-order valence-corrected chi connectivity index (χ2v) is 7.40. The second kappa shape index (κ2) is 12.5. The van der Waals surface area contributed by atoms with Gasteiger partial charge in [0.25, 0.3) is 0 Å². The van der Waals surface area contributed by atoms with E-state index in [1.165, 1.54) is 0 Å². The topological polar surface area (TPSA) is 80.4 Å². The van der Waals surface area contributed by atoms with E-state index in [9.17, 15) is 0 Å². The minimum Gasteiger partial charge on any atom is -0.491 e. The predicted molar refractivity (Wildman–Crippen MR) is 116 cm³/mol. The molecule has 2 aliphatic rings. The predicted octanol–water partition coefficient (Wildman–Crippen LogP) is 2.73. The van der Waals surface area contributed by atoms with E-state index >= 15 is 0 Å². The molecular formula is C24H30O8. The van der Waals surface area contributed by atoms with Crippen molar-refractivity contribution in [2.24, 2.45) is 0 Å². The summed E-state index contributed by atoms with van der Waals surface area (Å²) >= 11 is 0.